The zero-order chi connectivity index (χ0) is 17.8. The van der Waals surface area contributed by atoms with Crippen molar-refractivity contribution in [2.75, 3.05) is 31.1 Å². The minimum atomic E-state index is 0.00303. The molecule has 0 spiro atoms. The molecule has 0 bridgehead atoms. The quantitative estimate of drug-likeness (QED) is 0.834. The minimum Gasteiger partial charge on any atom is -0.348 e. The maximum absolute atomic E-state index is 12.7. The Kier molecular flexibility index (Phi) is 5.89. The molecule has 25 heavy (non-hydrogen) atoms. The highest BCUT2D eigenvalue weighted by Gasteiger charge is 2.33. The smallest absolute Gasteiger partial charge is 0.278 e. The SMILES string of the molecule is C[C@@H]1[C@@H](C)CCC[C@H]1NC(=O)[C@@H](C)[NH+]1CCN(c2ncccn2)CC1. The lowest BCUT2D eigenvalue weighted by Crippen LogP contribution is -3.19. The van der Waals surface area contributed by atoms with Gasteiger partial charge in [-0.25, -0.2) is 9.97 Å². The van der Waals surface area contributed by atoms with Crippen LogP contribution in [0.5, 0.6) is 0 Å². The molecule has 138 valence electrons. The zero-order valence-corrected chi connectivity index (χ0v) is 15.7. The Labute approximate surface area is 151 Å². The number of hydrogen-bond acceptors (Lipinski definition) is 4. The lowest BCUT2D eigenvalue weighted by molar-refractivity contribution is -0.914. The molecule has 6 nitrogen and oxygen atoms in total. The molecule has 1 aliphatic heterocycles. The van der Waals surface area contributed by atoms with Gasteiger partial charge in [-0.15, -0.1) is 0 Å². The van der Waals surface area contributed by atoms with Crippen LogP contribution in [0.3, 0.4) is 0 Å². The average Bonchev–Trinajstić information content (AvgIpc) is 2.65. The molecule has 2 aliphatic rings. The van der Waals surface area contributed by atoms with Gasteiger partial charge in [-0.3, -0.25) is 4.79 Å². The lowest BCUT2D eigenvalue weighted by atomic mass is 9.78. The number of aromatic nitrogens is 2. The number of carbonyl (C=O) groups excluding carboxylic acids is 1. The molecule has 1 saturated carbocycles. The van der Waals surface area contributed by atoms with E-state index >= 15 is 0 Å². The number of nitrogens with zero attached hydrogens (tertiary/aromatic N) is 3. The summed E-state index contributed by atoms with van der Waals surface area (Å²) >= 11 is 0. The number of rotatable bonds is 4. The molecule has 2 N–H and O–H groups in total. The van der Waals surface area contributed by atoms with E-state index in [0.29, 0.717) is 17.9 Å². The van der Waals surface area contributed by atoms with E-state index in [4.69, 9.17) is 0 Å². The molecule has 1 aromatic rings. The summed E-state index contributed by atoms with van der Waals surface area (Å²) < 4.78 is 0. The second-order valence-electron chi connectivity index (χ2n) is 7.80. The normalized spacial score (nSPS) is 29.2. The fourth-order valence-electron chi connectivity index (χ4n) is 4.16. The minimum absolute atomic E-state index is 0.00303. The fraction of sp³-hybridized carbons (Fsp3) is 0.737. The molecule has 1 amide bonds. The molecule has 0 aromatic carbocycles. The molecule has 4 atom stereocenters. The molecule has 6 heteroatoms. The van der Waals surface area contributed by atoms with Crippen molar-refractivity contribution >= 4 is 11.9 Å². The number of amides is 1. The van der Waals surface area contributed by atoms with Crippen molar-refractivity contribution in [1.82, 2.24) is 15.3 Å². The van der Waals surface area contributed by atoms with Crippen LogP contribution in [0.2, 0.25) is 0 Å². The summed E-state index contributed by atoms with van der Waals surface area (Å²) in [7, 11) is 0. The summed E-state index contributed by atoms with van der Waals surface area (Å²) in [6.45, 7) is 10.3. The number of carbonyl (C=O) groups is 1. The molecular weight excluding hydrogens is 314 g/mol. The van der Waals surface area contributed by atoms with Crippen LogP contribution in [-0.2, 0) is 4.79 Å². The van der Waals surface area contributed by atoms with Gasteiger partial charge in [0.1, 0.15) is 0 Å². The molecule has 0 unspecified atom stereocenters. The van der Waals surface area contributed by atoms with Crippen molar-refractivity contribution in [2.45, 2.75) is 52.1 Å². The van der Waals surface area contributed by atoms with Gasteiger partial charge in [0, 0.05) is 18.4 Å². The van der Waals surface area contributed by atoms with Crippen LogP contribution in [0.25, 0.3) is 0 Å². The van der Waals surface area contributed by atoms with E-state index in [2.05, 4.69) is 41.0 Å². The first-order valence-electron chi connectivity index (χ1n) is 9.73. The maximum Gasteiger partial charge on any atom is 0.278 e. The van der Waals surface area contributed by atoms with E-state index < -0.39 is 0 Å². The van der Waals surface area contributed by atoms with Crippen molar-refractivity contribution in [1.29, 1.82) is 0 Å². The van der Waals surface area contributed by atoms with Crippen LogP contribution >= 0.6 is 0 Å². The Hall–Kier alpha value is -1.69. The number of piperazine rings is 1. The summed E-state index contributed by atoms with van der Waals surface area (Å²) in [5.74, 6) is 2.29. The molecule has 1 saturated heterocycles. The Balaban J connectivity index is 1.50. The number of quaternary nitrogens is 1. The third kappa shape index (κ3) is 4.29. The van der Waals surface area contributed by atoms with Crippen molar-refractivity contribution in [3.63, 3.8) is 0 Å². The summed E-state index contributed by atoms with van der Waals surface area (Å²) in [4.78, 5) is 25.0. The van der Waals surface area contributed by atoms with E-state index in [9.17, 15) is 4.79 Å². The highest BCUT2D eigenvalue weighted by molar-refractivity contribution is 5.80. The van der Waals surface area contributed by atoms with Gasteiger partial charge < -0.3 is 15.1 Å². The number of hydrogen-bond donors (Lipinski definition) is 2. The molecule has 2 heterocycles. The second kappa shape index (κ2) is 8.13. The van der Waals surface area contributed by atoms with Gasteiger partial charge in [0.25, 0.3) is 5.91 Å². The van der Waals surface area contributed by atoms with Crippen LogP contribution in [-0.4, -0.2) is 54.1 Å². The fourth-order valence-corrected chi connectivity index (χ4v) is 4.16. The van der Waals surface area contributed by atoms with E-state index in [1.165, 1.54) is 17.7 Å². The van der Waals surface area contributed by atoms with Gasteiger partial charge in [0.05, 0.1) is 26.2 Å². The predicted octanol–water partition coefficient (Wildman–Crippen LogP) is 0.511. The maximum atomic E-state index is 12.7. The topological polar surface area (TPSA) is 62.6 Å². The summed E-state index contributed by atoms with van der Waals surface area (Å²) in [5.41, 5.74) is 0. The van der Waals surface area contributed by atoms with Gasteiger partial charge in [0.15, 0.2) is 6.04 Å². The van der Waals surface area contributed by atoms with Gasteiger partial charge in [-0.2, -0.15) is 0 Å². The van der Waals surface area contributed by atoms with E-state index in [0.717, 1.165) is 38.5 Å². The summed E-state index contributed by atoms with van der Waals surface area (Å²) in [5, 5.41) is 3.34. The molecule has 1 aromatic heterocycles. The van der Waals surface area contributed by atoms with Gasteiger partial charge >= 0.3 is 0 Å². The Morgan fingerprint density at radius 1 is 1.24 bits per heavy atom. The third-order valence-electron chi connectivity index (χ3n) is 6.28. The summed E-state index contributed by atoms with van der Waals surface area (Å²) in [6, 6.07) is 2.19. The Morgan fingerprint density at radius 2 is 1.92 bits per heavy atom. The predicted molar refractivity (Wildman–Crippen MR) is 98.5 cm³/mol. The molecule has 2 fully saturated rings. The van der Waals surface area contributed by atoms with Crippen LogP contribution in [0, 0.1) is 11.8 Å². The van der Waals surface area contributed by atoms with E-state index in [1.807, 2.05) is 6.07 Å². The monoisotopic (exact) mass is 346 g/mol. The highest BCUT2D eigenvalue weighted by Crippen LogP contribution is 2.29. The van der Waals surface area contributed by atoms with E-state index in [-0.39, 0.29) is 11.9 Å². The molecule has 3 rings (SSSR count). The van der Waals surface area contributed by atoms with Gasteiger partial charge in [-0.1, -0.05) is 26.7 Å². The molecule has 0 radical (unpaired) electrons. The molecular formula is C19H32N5O+. The van der Waals surface area contributed by atoms with Gasteiger partial charge in [0.2, 0.25) is 5.95 Å². The van der Waals surface area contributed by atoms with E-state index in [1.54, 1.807) is 12.4 Å². The Morgan fingerprint density at radius 3 is 2.60 bits per heavy atom. The first-order valence-corrected chi connectivity index (χ1v) is 9.73. The lowest BCUT2D eigenvalue weighted by Gasteiger charge is -2.37. The van der Waals surface area contributed by atoms with Crippen LogP contribution < -0.4 is 15.1 Å². The van der Waals surface area contributed by atoms with Gasteiger partial charge in [-0.05, 0) is 31.2 Å². The van der Waals surface area contributed by atoms with Crippen molar-refractivity contribution < 1.29 is 9.69 Å². The zero-order valence-electron chi connectivity index (χ0n) is 15.7. The standard InChI is InChI=1S/C19H31N5O/c1-14-6-4-7-17(15(14)2)22-18(25)16(3)23-10-12-24(13-11-23)19-20-8-5-9-21-19/h5,8-9,14-17H,4,6-7,10-13H2,1-3H3,(H,22,25)/p+1/t14-,15+,16+,17+/m0/s1. The van der Waals surface area contributed by atoms with Crippen molar-refractivity contribution in [3.8, 4) is 0 Å². The summed E-state index contributed by atoms with van der Waals surface area (Å²) in [6.07, 6.45) is 7.21. The van der Waals surface area contributed by atoms with Crippen LogP contribution in [0.1, 0.15) is 40.0 Å². The average molecular weight is 346 g/mol. The highest BCUT2D eigenvalue weighted by atomic mass is 16.2. The van der Waals surface area contributed by atoms with Crippen LogP contribution in [0.15, 0.2) is 18.5 Å². The van der Waals surface area contributed by atoms with Crippen LogP contribution in [0.4, 0.5) is 5.95 Å². The van der Waals surface area contributed by atoms with Crippen molar-refractivity contribution in [2.24, 2.45) is 11.8 Å². The number of anilines is 1. The first kappa shape index (κ1) is 18.1. The second-order valence-corrected chi connectivity index (χ2v) is 7.80. The number of nitrogens with one attached hydrogen (secondary N) is 2. The van der Waals surface area contributed by atoms with Crippen molar-refractivity contribution in [3.05, 3.63) is 18.5 Å². The molecule has 1 aliphatic carbocycles. The Bertz CT molecular complexity index is 558. The first-order chi connectivity index (χ1) is 12.1. The third-order valence-corrected chi connectivity index (χ3v) is 6.28. The largest absolute Gasteiger partial charge is 0.348 e.